The van der Waals surface area contributed by atoms with Gasteiger partial charge in [0.15, 0.2) is 0 Å². The molecule has 1 aliphatic rings. The average molecular weight is 246 g/mol. The lowest BCUT2D eigenvalue weighted by Crippen LogP contribution is -2.30. The standard InChI is InChI=1S/C16H26N2/c1-3-13-8-9-15(18-12-13)11-16(17-2)10-14-6-4-5-7-14/h8-9,12,14,16-17H,3-7,10-11H2,1-2H3. The van der Waals surface area contributed by atoms with Gasteiger partial charge >= 0.3 is 0 Å². The van der Waals surface area contributed by atoms with E-state index in [0.29, 0.717) is 6.04 Å². The lowest BCUT2D eigenvalue weighted by atomic mass is 9.95. The molecule has 0 spiro atoms. The summed E-state index contributed by atoms with van der Waals surface area (Å²) in [7, 11) is 2.08. The third-order valence-corrected chi connectivity index (χ3v) is 4.25. The minimum Gasteiger partial charge on any atom is -0.317 e. The molecule has 1 saturated carbocycles. The number of hydrogen-bond acceptors (Lipinski definition) is 2. The smallest absolute Gasteiger partial charge is 0.0419 e. The summed E-state index contributed by atoms with van der Waals surface area (Å²) in [6.07, 6.45) is 11.2. The summed E-state index contributed by atoms with van der Waals surface area (Å²) in [4.78, 5) is 4.57. The molecule has 100 valence electrons. The first-order valence-corrected chi connectivity index (χ1v) is 7.43. The fourth-order valence-electron chi connectivity index (χ4n) is 2.99. The van der Waals surface area contributed by atoms with Gasteiger partial charge in [-0.15, -0.1) is 0 Å². The van der Waals surface area contributed by atoms with Crippen LogP contribution in [0.1, 0.15) is 50.3 Å². The highest BCUT2D eigenvalue weighted by molar-refractivity contribution is 5.14. The Bertz CT molecular complexity index is 339. The first-order chi connectivity index (χ1) is 8.81. The molecular weight excluding hydrogens is 220 g/mol. The van der Waals surface area contributed by atoms with Gasteiger partial charge < -0.3 is 5.32 Å². The lowest BCUT2D eigenvalue weighted by Gasteiger charge is -2.19. The number of pyridine rings is 1. The molecule has 1 heterocycles. The van der Waals surface area contributed by atoms with Crippen LogP contribution >= 0.6 is 0 Å². The molecule has 2 heteroatoms. The normalized spacial score (nSPS) is 18.1. The molecule has 0 radical (unpaired) electrons. The number of rotatable bonds is 6. The van der Waals surface area contributed by atoms with Gasteiger partial charge in [-0.05, 0) is 37.4 Å². The second-order valence-electron chi connectivity index (χ2n) is 5.59. The molecule has 0 saturated heterocycles. The molecule has 0 bridgehead atoms. The van der Waals surface area contributed by atoms with Crippen molar-refractivity contribution in [2.24, 2.45) is 5.92 Å². The molecule has 1 aromatic heterocycles. The van der Waals surface area contributed by atoms with E-state index >= 15 is 0 Å². The first-order valence-electron chi connectivity index (χ1n) is 7.43. The van der Waals surface area contributed by atoms with Crippen LogP contribution in [0.5, 0.6) is 0 Å². The number of aromatic nitrogens is 1. The second kappa shape index (κ2) is 6.89. The molecule has 0 amide bonds. The van der Waals surface area contributed by atoms with E-state index in [9.17, 15) is 0 Å². The average Bonchev–Trinajstić information content (AvgIpc) is 2.91. The summed E-state index contributed by atoms with van der Waals surface area (Å²) in [5.74, 6) is 0.942. The van der Waals surface area contributed by atoms with Gasteiger partial charge in [0.2, 0.25) is 0 Å². The third-order valence-electron chi connectivity index (χ3n) is 4.25. The van der Waals surface area contributed by atoms with E-state index in [2.05, 4.69) is 36.4 Å². The zero-order chi connectivity index (χ0) is 12.8. The third kappa shape index (κ3) is 3.81. The van der Waals surface area contributed by atoms with Gasteiger partial charge in [-0.25, -0.2) is 0 Å². The zero-order valence-electron chi connectivity index (χ0n) is 11.8. The van der Waals surface area contributed by atoms with Crippen molar-refractivity contribution in [1.29, 1.82) is 0 Å². The fraction of sp³-hybridized carbons (Fsp3) is 0.688. The van der Waals surface area contributed by atoms with Gasteiger partial charge in [0.05, 0.1) is 0 Å². The Kier molecular flexibility index (Phi) is 5.18. The van der Waals surface area contributed by atoms with Crippen LogP contribution in [0.2, 0.25) is 0 Å². The number of likely N-dealkylation sites (N-methyl/N-ethyl adjacent to an activating group) is 1. The van der Waals surface area contributed by atoms with Crippen LogP contribution in [0.4, 0.5) is 0 Å². The predicted octanol–water partition coefficient (Wildman–Crippen LogP) is 3.35. The Balaban J connectivity index is 1.87. The minimum atomic E-state index is 0.591. The topological polar surface area (TPSA) is 24.9 Å². The van der Waals surface area contributed by atoms with Crippen molar-refractivity contribution < 1.29 is 0 Å². The summed E-state index contributed by atoms with van der Waals surface area (Å²) in [5.41, 5.74) is 2.56. The Morgan fingerprint density at radius 3 is 2.67 bits per heavy atom. The fourth-order valence-corrected chi connectivity index (χ4v) is 2.99. The van der Waals surface area contributed by atoms with Crippen LogP contribution in [-0.2, 0) is 12.8 Å². The van der Waals surface area contributed by atoms with E-state index < -0.39 is 0 Å². The van der Waals surface area contributed by atoms with Gasteiger partial charge in [-0.3, -0.25) is 4.98 Å². The Morgan fingerprint density at radius 2 is 2.11 bits per heavy atom. The highest BCUT2D eigenvalue weighted by atomic mass is 14.9. The molecule has 1 aliphatic carbocycles. The summed E-state index contributed by atoms with van der Waals surface area (Å²) in [6, 6.07) is 5.00. The highest BCUT2D eigenvalue weighted by Crippen LogP contribution is 2.29. The van der Waals surface area contributed by atoms with Gasteiger partial charge in [-0.1, -0.05) is 38.7 Å². The van der Waals surface area contributed by atoms with E-state index in [4.69, 9.17) is 0 Å². The number of hydrogen-bond donors (Lipinski definition) is 1. The Labute approximate surface area is 111 Å². The molecule has 18 heavy (non-hydrogen) atoms. The maximum atomic E-state index is 4.57. The molecule has 1 unspecified atom stereocenters. The van der Waals surface area contributed by atoms with Crippen LogP contribution < -0.4 is 5.32 Å². The van der Waals surface area contributed by atoms with Crippen molar-refractivity contribution in [2.75, 3.05) is 7.05 Å². The summed E-state index contributed by atoms with van der Waals surface area (Å²) in [6.45, 7) is 2.17. The molecule has 0 aromatic carbocycles. The molecule has 1 aromatic rings. The highest BCUT2D eigenvalue weighted by Gasteiger charge is 2.19. The van der Waals surface area contributed by atoms with E-state index in [1.54, 1.807) is 0 Å². The largest absolute Gasteiger partial charge is 0.317 e. The number of aryl methyl sites for hydroxylation is 1. The minimum absolute atomic E-state index is 0.591. The predicted molar refractivity (Wildman–Crippen MR) is 76.7 cm³/mol. The van der Waals surface area contributed by atoms with Gasteiger partial charge in [0.25, 0.3) is 0 Å². The van der Waals surface area contributed by atoms with Crippen LogP contribution in [0.15, 0.2) is 18.3 Å². The van der Waals surface area contributed by atoms with Crippen LogP contribution in [-0.4, -0.2) is 18.1 Å². The quantitative estimate of drug-likeness (QED) is 0.832. The van der Waals surface area contributed by atoms with Crippen molar-refractivity contribution in [1.82, 2.24) is 10.3 Å². The first kappa shape index (κ1) is 13.5. The van der Waals surface area contributed by atoms with Gasteiger partial charge in [-0.2, -0.15) is 0 Å². The van der Waals surface area contributed by atoms with E-state index in [1.807, 2.05) is 6.20 Å². The van der Waals surface area contributed by atoms with Crippen molar-refractivity contribution in [3.8, 4) is 0 Å². The lowest BCUT2D eigenvalue weighted by molar-refractivity contribution is 0.400. The molecule has 0 aliphatic heterocycles. The summed E-state index contributed by atoms with van der Waals surface area (Å²) in [5, 5.41) is 3.47. The van der Waals surface area contributed by atoms with Crippen molar-refractivity contribution in [2.45, 2.75) is 57.9 Å². The van der Waals surface area contributed by atoms with E-state index in [-0.39, 0.29) is 0 Å². The van der Waals surface area contributed by atoms with Crippen LogP contribution in [0.3, 0.4) is 0 Å². The maximum absolute atomic E-state index is 4.57. The Morgan fingerprint density at radius 1 is 1.33 bits per heavy atom. The number of nitrogens with one attached hydrogen (secondary N) is 1. The second-order valence-corrected chi connectivity index (χ2v) is 5.59. The monoisotopic (exact) mass is 246 g/mol. The maximum Gasteiger partial charge on any atom is 0.0419 e. The molecule has 1 N–H and O–H groups in total. The number of nitrogens with zero attached hydrogens (tertiary/aromatic N) is 1. The molecule has 2 nitrogen and oxygen atoms in total. The van der Waals surface area contributed by atoms with Gasteiger partial charge in [0, 0.05) is 24.4 Å². The molecule has 1 atom stereocenters. The summed E-state index contributed by atoms with van der Waals surface area (Å²) < 4.78 is 0. The van der Waals surface area contributed by atoms with Crippen molar-refractivity contribution >= 4 is 0 Å². The molecular formula is C16H26N2. The van der Waals surface area contributed by atoms with Crippen molar-refractivity contribution in [3.63, 3.8) is 0 Å². The van der Waals surface area contributed by atoms with Crippen molar-refractivity contribution in [3.05, 3.63) is 29.6 Å². The van der Waals surface area contributed by atoms with Crippen LogP contribution in [0, 0.1) is 5.92 Å². The molecule has 1 fully saturated rings. The van der Waals surface area contributed by atoms with E-state index in [0.717, 1.165) is 18.8 Å². The zero-order valence-corrected chi connectivity index (χ0v) is 11.8. The van der Waals surface area contributed by atoms with Crippen LogP contribution in [0.25, 0.3) is 0 Å². The van der Waals surface area contributed by atoms with E-state index in [1.165, 1.54) is 43.4 Å². The Hall–Kier alpha value is -0.890. The SMILES string of the molecule is CCc1ccc(CC(CC2CCCC2)NC)nc1. The summed E-state index contributed by atoms with van der Waals surface area (Å²) >= 11 is 0. The van der Waals surface area contributed by atoms with Gasteiger partial charge in [0.1, 0.15) is 0 Å². The molecule has 2 rings (SSSR count).